The Morgan fingerprint density at radius 3 is 2.53 bits per heavy atom. The minimum absolute atomic E-state index is 0.740. The predicted octanol–water partition coefficient (Wildman–Crippen LogP) is 3.34. The Morgan fingerprint density at radius 1 is 0.933 bits per heavy atom. The van der Waals surface area contributed by atoms with E-state index in [9.17, 15) is 0 Å². The summed E-state index contributed by atoms with van der Waals surface area (Å²) in [7, 11) is 0. The summed E-state index contributed by atoms with van der Waals surface area (Å²) < 4.78 is 0. The van der Waals surface area contributed by atoms with Crippen LogP contribution in [0.4, 0.5) is 0 Å². The van der Waals surface area contributed by atoms with Gasteiger partial charge in [-0.25, -0.2) is 4.98 Å². The SMILES string of the molecule is C1CCC(c2nc3c([nH]2)CCCC3)CC1. The first-order valence-electron chi connectivity index (χ1n) is 6.51. The van der Waals surface area contributed by atoms with Crippen molar-refractivity contribution in [3.63, 3.8) is 0 Å². The van der Waals surface area contributed by atoms with E-state index >= 15 is 0 Å². The predicted molar refractivity (Wildman–Crippen MR) is 61.1 cm³/mol. The summed E-state index contributed by atoms with van der Waals surface area (Å²) in [5.41, 5.74) is 2.82. The fraction of sp³-hybridized carbons (Fsp3) is 0.769. The molecule has 2 heteroatoms. The van der Waals surface area contributed by atoms with E-state index in [0.717, 1.165) is 5.92 Å². The van der Waals surface area contributed by atoms with Crippen LogP contribution in [0.1, 0.15) is 68.1 Å². The maximum absolute atomic E-state index is 4.82. The van der Waals surface area contributed by atoms with E-state index in [2.05, 4.69) is 4.98 Å². The third-order valence-electron chi connectivity index (χ3n) is 3.96. The Morgan fingerprint density at radius 2 is 1.73 bits per heavy atom. The van der Waals surface area contributed by atoms with E-state index in [1.807, 2.05) is 0 Å². The molecule has 0 radical (unpaired) electrons. The summed E-state index contributed by atoms with van der Waals surface area (Å²) in [6.07, 6.45) is 12.1. The average Bonchev–Trinajstić information content (AvgIpc) is 2.74. The third-order valence-corrected chi connectivity index (χ3v) is 3.96. The molecule has 1 saturated carbocycles. The zero-order valence-electron chi connectivity index (χ0n) is 9.39. The number of nitrogens with one attached hydrogen (secondary N) is 1. The highest BCUT2D eigenvalue weighted by molar-refractivity contribution is 5.19. The first-order valence-corrected chi connectivity index (χ1v) is 6.51. The highest BCUT2D eigenvalue weighted by atomic mass is 14.9. The summed E-state index contributed by atoms with van der Waals surface area (Å²) in [5, 5.41) is 0. The summed E-state index contributed by atoms with van der Waals surface area (Å²) in [6.45, 7) is 0. The fourth-order valence-corrected chi connectivity index (χ4v) is 3.04. The molecule has 1 N–H and O–H groups in total. The van der Waals surface area contributed by atoms with E-state index in [0.29, 0.717) is 0 Å². The summed E-state index contributed by atoms with van der Waals surface area (Å²) in [6, 6.07) is 0. The maximum Gasteiger partial charge on any atom is 0.109 e. The summed E-state index contributed by atoms with van der Waals surface area (Å²) in [5.74, 6) is 2.05. The summed E-state index contributed by atoms with van der Waals surface area (Å²) >= 11 is 0. The number of aryl methyl sites for hydroxylation is 2. The average molecular weight is 204 g/mol. The van der Waals surface area contributed by atoms with Crippen LogP contribution in [0.25, 0.3) is 0 Å². The number of hydrogen-bond acceptors (Lipinski definition) is 1. The van der Waals surface area contributed by atoms with Crippen LogP contribution in [-0.2, 0) is 12.8 Å². The number of H-pyrrole nitrogens is 1. The molecule has 0 bridgehead atoms. The Labute approximate surface area is 91.5 Å². The minimum atomic E-state index is 0.740. The van der Waals surface area contributed by atoms with Gasteiger partial charge in [0.05, 0.1) is 5.69 Å². The van der Waals surface area contributed by atoms with Crippen molar-refractivity contribution in [2.75, 3.05) is 0 Å². The van der Waals surface area contributed by atoms with Crippen LogP contribution in [0.5, 0.6) is 0 Å². The number of fused-ring (bicyclic) bond motifs is 1. The lowest BCUT2D eigenvalue weighted by atomic mass is 9.89. The zero-order valence-corrected chi connectivity index (χ0v) is 9.39. The molecule has 0 spiro atoms. The van der Waals surface area contributed by atoms with E-state index < -0.39 is 0 Å². The van der Waals surface area contributed by atoms with Crippen LogP contribution in [-0.4, -0.2) is 9.97 Å². The van der Waals surface area contributed by atoms with Gasteiger partial charge in [0.15, 0.2) is 0 Å². The molecule has 1 aromatic rings. The van der Waals surface area contributed by atoms with Gasteiger partial charge in [0.2, 0.25) is 0 Å². The van der Waals surface area contributed by atoms with E-state index in [-0.39, 0.29) is 0 Å². The first-order chi connectivity index (χ1) is 7.43. The monoisotopic (exact) mass is 204 g/mol. The van der Waals surface area contributed by atoms with Crippen molar-refractivity contribution in [3.8, 4) is 0 Å². The van der Waals surface area contributed by atoms with Crippen molar-refractivity contribution < 1.29 is 0 Å². The largest absolute Gasteiger partial charge is 0.345 e. The molecule has 0 unspecified atom stereocenters. The van der Waals surface area contributed by atoms with Crippen LogP contribution in [0.3, 0.4) is 0 Å². The van der Waals surface area contributed by atoms with Gasteiger partial charge in [-0.15, -0.1) is 0 Å². The Bertz CT molecular complexity index is 311. The molecule has 3 rings (SSSR count). The van der Waals surface area contributed by atoms with Gasteiger partial charge < -0.3 is 4.98 Å². The van der Waals surface area contributed by atoms with E-state index in [1.54, 1.807) is 0 Å². The third kappa shape index (κ3) is 1.82. The van der Waals surface area contributed by atoms with Gasteiger partial charge in [-0.1, -0.05) is 19.3 Å². The topological polar surface area (TPSA) is 28.7 Å². The lowest BCUT2D eigenvalue weighted by Crippen LogP contribution is -2.06. The second kappa shape index (κ2) is 3.99. The van der Waals surface area contributed by atoms with Gasteiger partial charge >= 0.3 is 0 Å². The molecule has 0 atom stereocenters. The molecule has 1 aromatic heterocycles. The van der Waals surface area contributed by atoms with Gasteiger partial charge in [-0.2, -0.15) is 0 Å². The molecule has 15 heavy (non-hydrogen) atoms. The van der Waals surface area contributed by atoms with Crippen molar-refractivity contribution in [1.82, 2.24) is 9.97 Å². The summed E-state index contributed by atoms with van der Waals surface area (Å²) in [4.78, 5) is 8.41. The Hall–Kier alpha value is -0.790. The molecule has 0 aromatic carbocycles. The number of nitrogens with zero attached hydrogens (tertiary/aromatic N) is 1. The highest BCUT2D eigenvalue weighted by Crippen LogP contribution is 2.32. The van der Waals surface area contributed by atoms with Crippen LogP contribution in [0.2, 0.25) is 0 Å². The highest BCUT2D eigenvalue weighted by Gasteiger charge is 2.21. The molecule has 1 heterocycles. The van der Waals surface area contributed by atoms with Crippen molar-refractivity contribution in [2.24, 2.45) is 0 Å². The standard InChI is InChI=1S/C13H20N2/c1-2-6-10(7-3-1)13-14-11-8-4-5-9-12(11)15-13/h10H,1-9H2,(H,14,15). The molecule has 82 valence electrons. The lowest BCUT2D eigenvalue weighted by Gasteiger charge is -2.19. The lowest BCUT2D eigenvalue weighted by molar-refractivity contribution is 0.430. The van der Waals surface area contributed by atoms with Gasteiger partial charge in [-0.3, -0.25) is 0 Å². The van der Waals surface area contributed by atoms with Crippen LogP contribution < -0.4 is 0 Å². The minimum Gasteiger partial charge on any atom is -0.345 e. The molecule has 0 aliphatic heterocycles. The van der Waals surface area contributed by atoms with Crippen LogP contribution >= 0.6 is 0 Å². The normalized spacial score (nSPS) is 22.7. The van der Waals surface area contributed by atoms with Crippen molar-refractivity contribution in [1.29, 1.82) is 0 Å². The molecule has 2 nitrogen and oxygen atoms in total. The van der Waals surface area contributed by atoms with Crippen molar-refractivity contribution in [2.45, 2.75) is 63.7 Å². The number of aromatic amines is 1. The molecule has 0 amide bonds. The quantitative estimate of drug-likeness (QED) is 0.746. The Kier molecular flexibility index (Phi) is 2.51. The molecule has 1 fully saturated rings. The van der Waals surface area contributed by atoms with Crippen LogP contribution in [0.15, 0.2) is 0 Å². The van der Waals surface area contributed by atoms with E-state index in [4.69, 9.17) is 4.98 Å². The fourth-order valence-electron chi connectivity index (χ4n) is 3.04. The second-order valence-electron chi connectivity index (χ2n) is 5.09. The number of aromatic nitrogens is 2. The van der Waals surface area contributed by atoms with Gasteiger partial charge in [0, 0.05) is 11.6 Å². The van der Waals surface area contributed by atoms with E-state index in [1.165, 1.54) is 75.0 Å². The smallest absolute Gasteiger partial charge is 0.109 e. The van der Waals surface area contributed by atoms with Crippen LogP contribution in [0, 0.1) is 0 Å². The molecule has 2 aliphatic carbocycles. The van der Waals surface area contributed by atoms with Crippen molar-refractivity contribution >= 4 is 0 Å². The first kappa shape index (κ1) is 9.44. The molecule has 0 saturated heterocycles. The number of hydrogen-bond donors (Lipinski definition) is 1. The molecular weight excluding hydrogens is 184 g/mol. The van der Waals surface area contributed by atoms with Gasteiger partial charge in [-0.05, 0) is 38.5 Å². The van der Waals surface area contributed by atoms with Gasteiger partial charge in [0.25, 0.3) is 0 Å². The maximum atomic E-state index is 4.82. The Balaban J connectivity index is 1.82. The van der Waals surface area contributed by atoms with Crippen molar-refractivity contribution in [3.05, 3.63) is 17.2 Å². The van der Waals surface area contributed by atoms with Gasteiger partial charge in [0.1, 0.15) is 5.82 Å². The molecular formula is C13H20N2. The molecule has 2 aliphatic rings. The number of imidazole rings is 1. The number of rotatable bonds is 1. The zero-order chi connectivity index (χ0) is 10.1. The second-order valence-corrected chi connectivity index (χ2v) is 5.09.